The molecule has 0 N–H and O–H groups in total. The smallest absolute Gasteiger partial charge is 0.164 e. The molecule has 0 spiro atoms. The predicted molar refractivity (Wildman–Crippen MR) is 186 cm³/mol. The number of fused-ring (bicyclic) bond motifs is 5. The molecule has 8 rings (SSSR count). The van der Waals surface area contributed by atoms with Gasteiger partial charge in [-0.15, -0.1) is 0 Å². The van der Waals surface area contributed by atoms with Crippen molar-refractivity contribution < 1.29 is 0 Å². The van der Waals surface area contributed by atoms with E-state index in [9.17, 15) is 10.5 Å². The Balaban J connectivity index is 1.25. The summed E-state index contributed by atoms with van der Waals surface area (Å²) in [4.78, 5) is 14.9. The van der Waals surface area contributed by atoms with Crippen LogP contribution in [0.1, 0.15) is 36.1 Å². The molecule has 1 aliphatic carbocycles. The Bertz CT molecular complexity index is 2410. The Morgan fingerprint density at radius 3 is 1.74 bits per heavy atom. The Hall–Kier alpha value is -6.43. The van der Waals surface area contributed by atoms with Crippen LogP contribution in [0, 0.1) is 22.7 Å². The molecule has 0 saturated heterocycles. The highest BCUT2D eigenvalue weighted by Crippen LogP contribution is 2.52. The first kappa shape index (κ1) is 28.1. The van der Waals surface area contributed by atoms with Crippen molar-refractivity contribution in [2.45, 2.75) is 19.3 Å². The van der Waals surface area contributed by atoms with Gasteiger partial charge in [0.1, 0.15) is 0 Å². The topological polar surface area (TPSA) is 86.2 Å². The van der Waals surface area contributed by atoms with Crippen LogP contribution in [-0.4, -0.2) is 15.0 Å². The number of aromatic nitrogens is 3. The van der Waals surface area contributed by atoms with Crippen LogP contribution < -0.4 is 0 Å². The van der Waals surface area contributed by atoms with Crippen molar-refractivity contribution in [1.82, 2.24) is 15.0 Å². The lowest BCUT2D eigenvalue weighted by Gasteiger charge is -2.22. The second-order valence-electron chi connectivity index (χ2n) is 12.4. The molecule has 1 heterocycles. The lowest BCUT2D eigenvalue weighted by Crippen LogP contribution is -2.15. The molecule has 1 aromatic heterocycles. The monoisotopic (exact) mass is 601 g/mol. The fourth-order valence-corrected chi connectivity index (χ4v) is 6.73. The molecule has 7 aromatic rings. The summed E-state index contributed by atoms with van der Waals surface area (Å²) in [6, 6.07) is 47.0. The van der Waals surface area contributed by atoms with E-state index in [1.807, 2.05) is 54.6 Å². The third kappa shape index (κ3) is 4.74. The van der Waals surface area contributed by atoms with Crippen LogP contribution in [-0.2, 0) is 5.41 Å². The molecule has 0 fully saturated rings. The Kier molecular flexibility index (Phi) is 6.50. The zero-order chi connectivity index (χ0) is 32.1. The Labute approximate surface area is 273 Å². The van der Waals surface area contributed by atoms with E-state index in [1.165, 1.54) is 33.0 Å². The van der Waals surface area contributed by atoms with Gasteiger partial charge in [-0.2, -0.15) is 10.5 Å². The zero-order valence-electron chi connectivity index (χ0n) is 25.9. The van der Waals surface area contributed by atoms with Crippen molar-refractivity contribution in [3.05, 3.63) is 150 Å². The van der Waals surface area contributed by atoms with Gasteiger partial charge < -0.3 is 0 Å². The van der Waals surface area contributed by atoms with E-state index in [4.69, 9.17) is 15.0 Å². The minimum atomic E-state index is -0.188. The highest BCUT2D eigenvalue weighted by molar-refractivity contribution is 6.02. The van der Waals surface area contributed by atoms with Crippen LogP contribution in [0.3, 0.4) is 0 Å². The Morgan fingerprint density at radius 2 is 1.06 bits per heavy atom. The van der Waals surface area contributed by atoms with Crippen LogP contribution in [0.25, 0.3) is 67.2 Å². The van der Waals surface area contributed by atoms with Gasteiger partial charge in [-0.1, -0.05) is 117 Å². The van der Waals surface area contributed by atoms with E-state index < -0.39 is 0 Å². The summed E-state index contributed by atoms with van der Waals surface area (Å²) in [5.74, 6) is 1.78. The molecule has 0 bridgehead atoms. The van der Waals surface area contributed by atoms with Gasteiger partial charge in [-0.25, -0.2) is 15.0 Å². The van der Waals surface area contributed by atoms with E-state index in [2.05, 4.69) is 80.6 Å². The van der Waals surface area contributed by atoms with Crippen LogP contribution in [0.15, 0.2) is 127 Å². The predicted octanol–water partition coefficient (Wildman–Crippen LogP) is 9.74. The largest absolute Gasteiger partial charge is 0.208 e. The molecule has 47 heavy (non-hydrogen) atoms. The minimum absolute atomic E-state index is 0.188. The molecule has 0 radical (unpaired) electrons. The fraction of sp³-hybridized carbons (Fsp3) is 0.0714. The van der Waals surface area contributed by atoms with Gasteiger partial charge in [0.05, 0.1) is 23.3 Å². The summed E-state index contributed by atoms with van der Waals surface area (Å²) >= 11 is 0. The van der Waals surface area contributed by atoms with Gasteiger partial charge in [0.15, 0.2) is 17.5 Å². The molecule has 6 aromatic carbocycles. The van der Waals surface area contributed by atoms with E-state index >= 15 is 0 Å². The van der Waals surface area contributed by atoms with Gasteiger partial charge in [0.2, 0.25) is 0 Å². The van der Waals surface area contributed by atoms with Gasteiger partial charge in [-0.05, 0) is 68.4 Å². The van der Waals surface area contributed by atoms with Crippen molar-refractivity contribution in [2.24, 2.45) is 0 Å². The highest BCUT2D eigenvalue weighted by atomic mass is 15.0. The lowest BCUT2D eigenvalue weighted by atomic mass is 9.81. The normalized spacial score (nSPS) is 12.6. The standard InChI is InChI=1S/C42H27N5/c1-42(2)36-19-17-29-8-6-7-11-34(29)38(36)35-18-16-32(23-37(35)42)41-46-39(30-9-4-3-5-10-30)45-40(47-41)31-14-12-28(13-15-31)33-21-26(24-43)20-27(22-33)25-44/h3-23H,1-2H3. The van der Waals surface area contributed by atoms with E-state index in [0.29, 0.717) is 28.6 Å². The number of rotatable bonds is 4. The molecular formula is C42H27N5. The lowest BCUT2D eigenvalue weighted by molar-refractivity contribution is 0.661. The quantitative estimate of drug-likeness (QED) is 0.200. The molecule has 0 saturated carbocycles. The maximum Gasteiger partial charge on any atom is 0.164 e. The summed E-state index contributed by atoms with van der Waals surface area (Å²) in [5, 5.41) is 21.4. The average Bonchev–Trinajstić information content (AvgIpc) is 3.37. The van der Waals surface area contributed by atoms with E-state index in [0.717, 1.165) is 27.8 Å². The summed E-state index contributed by atoms with van der Waals surface area (Å²) in [6.07, 6.45) is 0. The Morgan fingerprint density at radius 1 is 0.489 bits per heavy atom. The fourth-order valence-electron chi connectivity index (χ4n) is 6.73. The summed E-state index contributed by atoms with van der Waals surface area (Å²) < 4.78 is 0. The van der Waals surface area contributed by atoms with Crippen LogP contribution in [0.2, 0.25) is 0 Å². The van der Waals surface area contributed by atoms with Gasteiger partial charge in [0, 0.05) is 22.1 Å². The molecule has 0 unspecified atom stereocenters. The molecule has 5 heteroatoms. The highest BCUT2D eigenvalue weighted by Gasteiger charge is 2.36. The summed E-state index contributed by atoms with van der Waals surface area (Å²) in [7, 11) is 0. The zero-order valence-corrected chi connectivity index (χ0v) is 25.9. The molecule has 0 amide bonds. The maximum atomic E-state index is 9.45. The van der Waals surface area contributed by atoms with Gasteiger partial charge in [0.25, 0.3) is 0 Å². The van der Waals surface area contributed by atoms with Gasteiger partial charge >= 0.3 is 0 Å². The second-order valence-corrected chi connectivity index (χ2v) is 12.4. The number of nitriles is 2. The molecule has 0 aliphatic heterocycles. The van der Waals surface area contributed by atoms with Crippen molar-refractivity contribution in [2.75, 3.05) is 0 Å². The number of hydrogen-bond donors (Lipinski definition) is 0. The first-order valence-electron chi connectivity index (χ1n) is 15.5. The molecular weight excluding hydrogens is 574 g/mol. The van der Waals surface area contributed by atoms with Crippen molar-refractivity contribution >= 4 is 10.8 Å². The van der Waals surface area contributed by atoms with E-state index in [-0.39, 0.29) is 5.41 Å². The molecule has 0 atom stereocenters. The van der Waals surface area contributed by atoms with E-state index in [1.54, 1.807) is 18.2 Å². The number of hydrogen-bond acceptors (Lipinski definition) is 5. The summed E-state index contributed by atoms with van der Waals surface area (Å²) in [5.41, 5.74) is 10.2. The third-order valence-electron chi connectivity index (χ3n) is 9.16. The summed E-state index contributed by atoms with van der Waals surface area (Å²) in [6.45, 7) is 4.58. The van der Waals surface area contributed by atoms with Crippen LogP contribution >= 0.6 is 0 Å². The second kappa shape index (κ2) is 10.9. The minimum Gasteiger partial charge on any atom is -0.208 e. The molecule has 220 valence electrons. The van der Waals surface area contributed by atoms with Crippen molar-refractivity contribution in [3.63, 3.8) is 0 Å². The number of benzene rings is 6. The van der Waals surface area contributed by atoms with Gasteiger partial charge in [-0.3, -0.25) is 0 Å². The van der Waals surface area contributed by atoms with Crippen LogP contribution in [0.5, 0.6) is 0 Å². The molecule has 5 nitrogen and oxygen atoms in total. The average molecular weight is 602 g/mol. The molecule has 1 aliphatic rings. The maximum absolute atomic E-state index is 9.45. The first-order valence-corrected chi connectivity index (χ1v) is 15.5. The van der Waals surface area contributed by atoms with Crippen LogP contribution in [0.4, 0.5) is 0 Å². The SMILES string of the molecule is CC1(C)c2cc(-c3nc(-c4ccccc4)nc(-c4ccc(-c5cc(C#N)cc(C#N)c5)cc4)n3)ccc2-c2c1ccc1ccccc21. The first-order chi connectivity index (χ1) is 22.9. The third-order valence-corrected chi connectivity index (χ3v) is 9.16. The van der Waals surface area contributed by atoms with Crippen molar-refractivity contribution in [3.8, 4) is 68.6 Å². The number of nitrogens with zero attached hydrogens (tertiary/aromatic N) is 5. The van der Waals surface area contributed by atoms with Crippen molar-refractivity contribution in [1.29, 1.82) is 10.5 Å².